The third-order valence-electron chi connectivity index (χ3n) is 5.72. The Bertz CT molecular complexity index is 1240. The fourth-order valence-electron chi connectivity index (χ4n) is 4.13. The Morgan fingerprint density at radius 3 is 2.45 bits per heavy atom. The molecule has 33 heavy (non-hydrogen) atoms. The van der Waals surface area contributed by atoms with Crippen LogP contribution in [0.3, 0.4) is 0 Å². The number of ether oxygens (including phenoxy) is 2. The van der Waals surface area contributed by atoms with Crippen molar-refractivity contribution in [1.29, 1.82) is 0 Å². The normalized spacial score (nSPS) is 17.3. The SMILES string of the molecule is COc1ccc(/C(O)=C2\C(=O)C(=O)N(Cc3cccnc3)[C@H]2c2ccccc2OC)cc1C. The second kappa shape index (κ2) is 9.16. The summed E-state index contributed by atoms with van der Waals surface area (Å²) in [7, 11) is 3.09. The molecule has 0 unspecified atom stereocenters. The number of aliphatic hydroxyl groups excluding tert-OH is 1. The quantitative estimate of drug-likeness (QED) is 0.351. The maximum atomic E-state index is 13.2. The zero-order chi connectivity index (χ0) is 23.5. The van der Waals surface area contributed by atoms with Gasteiger partial charge in [-0.2, -0.15) is 0 Å². The molecule has 1 saturated heterocycles. The van der Waals surface area contributed by atoms with Gasteiger partial charge < -0.3 is 19.5 Å². The van der Waals surface area contributed by atoms with Gasteiger partial charge in [0.25, 0.3) is 11.7 Å². The summed E-state index contributed by atoms with van der Waals surface area (Å²) in [6.45, 7) is 1.99. The van der Waals surface area contributed by atoms with Gasteiger partial charge in [-0.1, -0.05) is 24.3 Å². The van der Waals surface area contributed by atoms with E-state index in [4.69, 9.17) is 9.47 Å². The molecule has 1 atom stereocenters. The van der Waals surface area contributed by atoms with E-state index in [0.29, 0.717) is 22.6 Å². The Balaban J connectivity index is 1.90. The molecule has 1 amide bonds. The van der Waals surface area contributed by atoms with Crippen LogP contribution in [-0.2, 0) is 16.1 Å². The number of nitrogens with zero attached hydrogens (tertiary/aromatic N) is 2. The predicted octanol–water partition coefficient (Wildman–Crippen LogP) is 4.03. The third-order valence-corrected chi connectivity index (χ3v) is 5.72. The minimum Gasteiger partial charge on any atom is -0.507 e. The summed E-state index contributed by atoms with van der Waals surface area (Å²) < 4.78 is 10.8. The number of hydrogen-bond donors (Lipinski definition) is 1. The maximum absolute atomic E-state index is 13.2. The van der Waals surface area contributed by atoms with Crippen molar-refractivity contribution in [2.75, 3.05) is 14.2 Å². The molecule has 0 spiro atoms. The number of rotatable bonds is 6. The van der Waals surface area contributed by atoms with Crippen molar-refractivity contribution in [3.05, 3.63) is 94.8 Å². The van der Waals surface area contributed by atoms with E-state index < -0.39 is 17.7 Å². The van der Waals surface area contributed by atoms with E-state index in [1.165, 1.54) is 12.0 Å². The van der Waals surface area contributed by atoms with Gasteiger partial charge in [0, 0.05) is 30.1 Å². The van der Waals surface area contributed by atoms with Crippen molar-refractivity contribution < 1.29 is 24.2 Å². The van der Waals surface area contributed by atoms with E-state index in [1.807, 2.05) is 19.1 Å². The van der Waals surface area contributed by atoms with Crippen molar-refractivity contribution in [3.8, 4) is 11.5 Å². The molecular weight excluding hydrogens is 420 g/mol. The molecule has 3 aromatic rings. The van der Waals surface area contributed by atoms with Crippen LogP contribution in [0.15, 0.2) is 72.6 Å². The summed E-state index contributed by atoms with van der Waals surface area (Å²) in [5, 5.41) is 11.3. The number of amides is 1. The van der Waals surface area contributed by atoms with Gasteiger partial charge in [0.1, 0.15) is 17.3 Å². The Hall–Kier alpha value is -4.13. The molecule has 4 rings (SSSR count). The molecule has 1 N–H and O–H groups in total. The van der Waals surface area contributed by atoms with Crippen molar-refractivity contribution in [2.45, 2.75) is 19.5 Å². The molecule has 1 fully saturated rings. The number of benzene rings is 2. The highest BCUT2D eigenvalue weighted by Crippen LogP contribution is 2.43. The molecule has 0 bridgehead atoms. The first-order chi connectivity index (χ1) is 16.0. The minimum absolute atomic E-state index is 0.0120. The van der Waals surface area contributed by atoms with Gasteiger partial charge in [-0.25, -0.2) is 0 Å². The van der Waals surface area contributed by atoms with E-state index >= 15 is 0 Å². The Labute approximate surface area is 191 Å². The summed E-state index contributed by atoms with van der Waals surface area (Å²) in [5.74, 6) is -0.520. The second-order valence-corrected chi connectivity index (χ2v) is 7.71. The molecule has 1 aromatic heterocycles. The van der Waals surface area contributed by atoms with Crippen LogP contribution in [0.2, 0.25) is 0 Å². The number of hydrogen-bond acceptors (Lipinski definition) is 6. The number of aryl methyl sites for hydroxylation is 1. The van der Waals surface area contributed by atoms with Gasteiger partial charge in [0.2, 0.25) is 0 Å². The first-order valence-corrected chi connectivity index (χ1v) is 10.4. The Kier molecular flexibility index (Phi) is 6.13. The lowest BCUT2D eigenvalue weighted by atomic mass is 9.94. The van der Waals surface area contributed by atoms with Crippen molar-refractivity contribution in [3.63, 3.8) is 0 Å². The van der Waals surface area contributed by atoms with Crippen LogP contribution in [0.25, 0.3) is 5.76 Å². The fourth-order valence-corrected chi connectivity index (χ4v) is 4.13. The first kappa shape index (κ1) is 22.1. The van der Waals surface area contributed by atoms with Crippen LogP contribution in [-0.4, -0.2) is 40.9 Å². The van der Waals surface area contributed by atoms with Gasteiger partial charge in [-0.05, 0) is 48.4 Å². The molecule has 7 nitrogen and oxygen atoms in total. The Morgan fingerprint density at radius 1 is 1.03 bits per heavy atom. The lowest BCUT2D eigenvalue weighted by Crippen LogP contribution is -2.29. The topological polar surface area (TPSA) is 89.0 Å². The maximum Gasteiger partial charge on any atom is 0.295 e. The van der Waals surface area contributed by atoms with Crippen LogP contribution in [0.4, 0.5) is 0 Å². The number of aromatic nitrogens is 1. The highest BCUT2D eigenvalue weighted by Gasteiger charge is 2.47. The summed E-state index contributed by atoms with van der Waals surface area (Å²) in [5.41, 5.74) is 2.60. The molecule has 1 aliphatic rings. The van der Waals surface area contributed by atoms with Crippen LogP contribution >= 0.6 is 0 Å². The molecule has 168 valence electrons. The lowest BCUT2D eigenvalue weighted by Gasteiger charge is -2.26. The molecule has 2 heterocycles. The van der Waals surface area contributed by atoms with Gasteiger partial charge in [-0.15, -0.1) is 0 Å². The number of methoxy groups -OCH3 is 2. The number of Topliss-reactive ketones (excluding diaryl/α,β-unsaturated/α-hetero) is 1. The zero-order valence-electron chi connectivity index (χ0n) is 18.6. The molecule has 1 aliphatic heterocycles. The molecular formula is C26H24N2O5. The Morgan fingerprint density at radius 2 is 1.79 bits per heavy atom. The number of ketones is 1. The van der Waals surface area contributed by atoms with E-state index in [9.17, 15) is 14.7 Å². The van der Waals surface area contributed by atoms with Crippen LogP contribution in [0.1, 0.15) is 28.3 Å². The lowest BCUT2D eigenvalue weighted by molar-refractivity contribution is -0.140. The fraction of sp³-hybridized carbons (Fsp3) is 0.192. The molecule has 0 radical (unpaired) electrons. The van der Waals surface area contributed by atoms with Gasteiger partial charge in [-0.3, -0.25) is 14.6 Å². The van der Waals surface area contributed by atoms with Crippen molar-refractivity contribution in [1.82, 2.24) is 9.88 Å². The average Bonchev–Trinajstić information content (AvgIpc) is 3.09. The standard InChI is InChI=1S/C26H24N2O5/c1-16-13-18(10-11-20(16)32-2)24(29)22-23(19-8-4-5-9-21(19)33-3)28(26(31)25(22)30)15-17-7-6-12-27-14-17/h4-14,23,29H,15H2,1-3H3/b24-22+/t23-/m0/s1. The third kappa shape index (κ3) is 4.05. The number of likely N-dealkylation sites (tertiary alicyclic amines) is 1. The summed E-state index contributed by atoms with van der Waals surface area (Å²) in [6.07, 6.45) is 3.28. The monoisotopic (exact) mass is 444 g/mol. The van der Waals surface area contributed by atoms with Crippen molar-refractivity contribution >= 4 is 17.4 Å². The van der Waals surface area contributed by atoms with E-state index in [0.717, 1.165) is 11.1 Å². The van der Waals surface area contributed by atoms with E-state index in [1.54, 1.807) is 62.0 Å². The van der Waals surface area contributed by atoms with Crippen LogP contribution in [0, 0.1) is 6.92 Å². The second-order valence-electron chi connectivity index (χ2n) is 7.71. The number of carbonyl (C=O) groups is 2. The smallest absolute Gasteiger partial charge is 0.295 e. The number of aliphatic hydroxyl groups is 1. The molecule has 0 saturated carbocycles. The van der Waals surface area contributed by atoms with Gasteiger partial charge >= 0.3 is 0 Å². The van der Waals surface area contributed by atoms with Crippen LogP contribution < -0.4 is 9.47 Å². The van der Waals surface area contributed by atoms with Crippen molar-refractivity contribution in [2.24, 2.45) is 0 Å². The largest absolute Gasteiger partial charge is 0.507 e. The summed E-state index contributed by atoms with van der Waals surface area (Å²) in [4.78, 5) is 31.9. The highest BCUT2D eigenvalue weighted by molar-refractivity contribution is 6.46. The molecule has 0 aliphatic carbocycles. The molecule has 7 heteroatoms. The number of carbonyl (C=O) groups excluding carboxylic acids is 2. The first-order valence-electron chi connectivity index (χ1n) is 10.4. The zero-order valence-corrected chi connectivity index (χ0v) is 18.6. The van der Waals surface area contributed by atoms with Gasteiger partial charge in [0.05, 0.1) is 25.8 Å². The van der Waals surface area contributed by atoms with Gasteiger partial charge in [0.15, 0.2) is 0 Å². The number of pyridine rings is 1. The average molecular weight is 444 g/mol. The predicted molar refractivity (Wildman–Crippen MR) is 123 cm³/mol. The minimum atomic E-state index is -0.830. The van der Waals surface area contributed by atoms with E-state index in [-0.39, 0.29) is 17.9 Å². The molecule has 2 aromatic carbocycles. The number of para-hydroxylation sites is 1. The summed E-state index contributed by atoms with van der Waals surface area (Å²) >= 11 is 0. The van der Waals surface area contributed by atoms with Crippen LogP contribution in [0.5, 0.6) is 11.5 Å². The summed E-state index contributed by atoms with van der Waals surface area (Å²) in [6, 6.07) is 15.0. The highest BCUT2D eigenvalue weighted by atomic mass is 16.5. The van der Waals surface area contributed by atoms with E-state index in [2.05, 4.69) is 4.98 Å².